The van der Waals surface area contributed by atoms with Gasteiger partial charge in [-0.05, 0) is 42.2 Å². The van der Waals surface area contributed by atoms with Crippen molar-refractivity contribution < 1.29 is 28.6 Å². The van der Waals surface area contributed by atoms with Crippen LogP contribution in [0.5, 0.6) is 0 Å². The Labute approximate surface area is 193 Å². The number of aliphatic hydroxyl groups is 1. The van der Waals surface area contributed by atoms with Crippen molar-refractivity contribution in [3.05, 3.63) is 65.7 Å². The lowest BCUT2D eigenvalue weighted by molar-refractivity contribution is 0.0980. The number of nitrogens with one attached hydrogen (secondary N) is 1. The summed E-state index contributed by atoms with van der Waals surface area (Å²) >= 11 is 0. The predicted molar refractivity (Wildman–Crippen MR) is 124 cm³/mol. The van der Waals surface area contributed by atoms with E-state index in [9.17, 15) is 23.4 Å². The van der Waals surface area contributed by atoms with Crippen LogP contribution in [-0.4, -0.2) is 65.3 Å². The molecule has 0 aromatic heterocycles. The molecule has 0 unspecified atom stereocenters. The molecule has 0 aliphatic carbocycles. The van der Waals surface area contributed by atoms with Gasteiger partial charge in [0, 0.05) is 18.7 Å². The lowest BCUT2D eigenvalue weighted by Gasteiger charge is -2.30. The van der Waals surface area contributed by atoms with E-state index in [0.717, 1.165) is 9.87 Å². The monoisotopic (exact) mass is 478 g/mol. The number of amides is 1. The van der Waals surface area contributed by atoms with E-state index in [1.807, 2.05) is 19.9 Å². The van der Waals surface area contributed by atoms with Gasteiger partial charge in [0.15, 0.2) is 5.84 Å². The van der Waals surface area contributed by atoms with E-state index in [0.29, 0.717) is 5.56 Å². The van der Waals surface area contributed by atoms with E-state index in [-0.39, 0.29) is 36.2 Å². The maximum absolute atomic E-state index is 13.3. The highest BCUT2D eigenvalue weighted by Gasteiger charge is 2.31. The van der Waals surface area contributed by atoms with Gasteiger partial charge >= 0.3 is 6.09 Å². The van der Waals surface area contributed by atoms with Crippen LogP contribution < -0.4 is 11.1 Å². The van der Waals surface area contributed by atoms with Crippen LogP contribution in [0.3, 0.4) is 0 Å². The van der Waals surface area contributed by atoms with E-state index >= 15 is 0 Å². The number of rotatable bonds is 11. The Hall–Kier alpha value is -3.15. The van der Waals surface area contributed by atoms with Crippen LogP contribution in [0.4, 0.5) is 4.79 Å². The van der Waals surface area contributed by atoms with Gasteiger partial charge in [0.25, 0.3) is 0 Å². The molecule has 2 aromatic carbocycles. The zero-order valence-electron chi connectivity index (χ0n) is 18.5. The molecule has 0 aliphatic rings. The third-order valence-corrected chi connectivity index (χ3v) is 6.77. The first-order chi connectivity index (χ1) is 15.5. The van der Waals surface area contributed by atoms with Crippen molar-refractivity contribution in [2.75, 3.05) is 13.1 Å². The summed E-state index contributed by atoms with van der Waals surface area (Å²) in [6, 6.07) is 13.6. The normalized spacial score (nSPS) is 14.3. The third kappa shape index (κ3) is 7.45. The fraction of sp³-hybridized carbons (Fsp3) is 0.364. The second kappa shape index (κ2) is 11.6. The van der Waals surface area contributed by atoms with Crippen LogP contribution in [0.1, 0.15) is 25.0 Å². The number of hydrogen-bond donors (Lipinski definition) is 5. The zero-order chi connectivity index (χ0) is 24.6. The van der Waals surface area contributed by atoms with E-state index in [4.69, 9.17) is 10.9 Å². The highest BCUT2D eigenvalue weighted by molar-refractivity contribution is 7.89. The summed E-state index contributed by atoms with van der Waals surface area (Å²) in [7, 11) is -4.02. The van der Waals surface area contributed by atoms with Gasteiger partial charge in [-0.3, -0.25) is 0 Å². The number of benzene rings is 2. The Morgan fingerprint density at radius 2 is 1.70 bits per heavy atom. The first-order valence-electron chi connectivity index (χ1n) is 10.3. The molecule has 0 fully saturated rings. The number of nitrogens with two attached hydrogens (primary N) is 1. The van der Waals surface area contributed by atoms with Gasteiger partial charge in [0.2, 0.25) is 10.0 Å². The Morgan fingerprint density at radius 3 is 2.21 bits per heavy atom. The molecular weight excluding hydrogens is 448 g/mol. The smallest absolute Gasteiger partial charge is 0.404 e. The molecule has 0 bridgehead atoms. The minimum absolute atomic E-state index is 0.0318. The fourth-order valence-electron chi connectivity index (χ4n) is 3.33. The van der Waals surface area contributed by atoms with Crippen molar-refractivity contribution in [3.63, 3.8) is 0 Å². The Morgan fingerprint density at radius 1 is 1.09 bits per heavy atom. The van der Waals surface area contributed by atoms with Crippen molar-refractivity contribution in [2.24, 2.45) is 16.8 Å². The fourth-order valence-corrected chi connectivity index (χ4v) is 4.95. The summed E-state index contributed by atoms with van der Waals surface area (Å²) in [5.41, 5.74) is 6.68. The molecule has 33 heavy (non-hydrogen) atoms. The molecule has 11 heteroatoms. The second-order valence-corrected chi connectivity index (χ2v) is 9.98. The quantitative estimate of drug-likeness (QED) is 0.142. The average Bonchev–Trinajstić information content (AvgIpc) is 2.77. The number of oxime groups is 1. The molecule has 0 spiro atoms. The minimum Gasteiger partial charge on any atom is -0.465 e. The van der Waals surface area contributed by atoms with Crippen molar-refractivity contribution >= 4 is 22.0 Å². The van der Waals surface area contributed by atoms with E-state index in [1.54, 1.807) is 24.3 Å². The van der Waals surface area contributed by atoms with Crippen molar-refractivity contribution in [2.45, 2.75) is 37.3 Å². The maximum Gasteiger partial charge on any atom is 0.404 e. The lowest BCUT2D eigenvalue weighted by Crippen LogP contribution is -2.50. The Bertz CT molecular complexity index is 1040. The number of carboxylic acid groups (broad SMARTS) is 1. The molecule has 0 radical (unpaired) electrons. The number of nitrogens with zero attached hydrogens (tertiary/aromatic N) is 2. The summed E-state index contributed by atoms with van der Waals surface area (Å²) in [5.74, 6) is -0.208. The van der Waals surface area contributed by atoms with Gasteiger partial charge in [-0.25, -0.2) is 13.2 Å². The van der Waals surface area contributed by atoms with E-state index in [2.05, 4.69) is 10.5 Å². The molecule has 0 aliphatic heterocycles. The second-order valence-electron chi connectivity index (χ2n) is 8.04. The first kappa shape index (κ1) is 26.1. The van der Waals surface area contributed by atoms with Gasteiger partial charge in [0.1, 0.15) is 0 Å². The van der Waals surface area contributed by atoms with Gasteiger partial charge in [-0.15, -0.1) is 0 Å². The van der Waals surface area contributed by atoms with Crippen molar-refractivity contribution in [1.29, 1.82) is 0 Å². The van der Waals surface area contributed by atoms with Crippen LogP contribution in [0.15, 0.2) is 64.6 Å². The standard InChI is InChI=1S/C22H30N4O6S/c1-15(2)13-26(33(31,32)18-10-8-17(9-11-18)21(23)25-30)14-20(27)19(24-22(28)29)12-16-6-4-3-5-7-16/h3-11,15,19-20,24,27,30H,12-14H2,1-2H3,(H2,23,25)(H,28,29)/t19-,20+/m0/s1. The molecule has 2 rings (SSSR count). The summed E-state index contributed by atoms with van der Waals surface area (Å²) < 4.78 is 27.8. The molecule has 2 atom stereocenters. The van der Waals surface area contributed by atoms with Gasteiger partial charge in [-0.2, -0.15) is 4.31 Å². The number of hydrogen-bond acceptors (Lipinski definition) is 6. The van der Waals surface area contributed by atoms with Crippen LogP contribution in [0, 0.1) is 5.92 Å². The molecule has 0 heterocycles. The molecule has 2 aromatic rings. The van der Waals surface area contributed by atoms with Crippen LogP contribution in [0.25, 0.3) is 0 Å². The van der Waals surface area contributed by atoms with Crippen LogP contribution in [-0.2, 0) is 16.4 Å². The SMILES string of the molecule is CC(C)CN(C[C@@H](O)[C@H](Cc1ccccc1)NC(=O)O)S(=O)(=O)c1ccc(/C(N)=N/O)cc1. The highest BCUT2D eigenvalue weighted by atomic mass is 32.2. The number of aliphatic hydroxyl groups excluding tert-OH is 1. The van der Waals surface area contributed by atoms with Gasteiger partial charge < -0.3 is 26.5 Å². The summed E-state index contributed by atoms with van der Waals surface area (Å²) in [4.78, 5) is 11.3. The van der Waals surface area contributed by atoms with Crippen molar-refractivity contribution in [3.8, 4) is 0 Å². The lowest BCUT2D eigenvalue weighted by atomic mass is 10.0. The molecule has 10 nitrogen and oxygen atoms in total. The molecule has 0 saturated heterocycles. The van der Waals surface area contributed by atoms with Crippen molar-refractivity contribution in [1.82, 2.24) is 9.62 Å². The van der Waals surface area contributed by atoms with Gasteiger partial charge in [0.05, 0.1) is 17.0 Å². The average molecular weight is 479 g/mol. The topological polar surface area (TPSA) is 166 Å². The number of sulfonamides is 1. The minimum atomic E-state index is -4.02. The summed E-state index contributed by atoms with van der Waals surface area (Å²) in [6.45, 7) is 3.49. The van der Waals surface area contributed by atoms with E-state index in [1.165, 1.54) is 24.3 Å². The molecular formula is C22H30N4O6S. The highest BCUT2D eigenvalue weighted by Crippen LogP contribution is 2.20. The van der Waals surface area contributed by atoms with Crippen LogP contribution in [0.2, 0.25) is 0 Å². The third-order valence-electron chi connectivity index (χ3n) is 4.93. The molecule has 1 amide bonds. The maximum atomic E-state index is 13.3. The first-order valence-corrected chi connectivity index (χ1v) is 11.8. The van der Waals surface area contributed by atoms with Gasteiger partial charge in [-0.1, -0.05) is 49.3 Å². The number of amidine groups is 1. The summed E-state index contributed by atoms with van der Waals surface area (Å²) in [5, 5.41) is 34.1. The number of carbonyl (C=O) groups is 1. The zero-order valence-corrected chi connectivity index (χ0v) is 19.3. The van der Waals surface area contributed by atoms with Crippen LogP contribution >= 0.6 is 0 Å². The predicted octanol–water partition coefficient (Wildman–Crippen LogP) is 1.67. The van der Waals surface area contributed by atoms with E-state index < -0.39 is 28.3 Å². The summed E-state index contributed by atoms with van der Waals surface area (Å²) in [6.07, 6.45) is -2.42. The largest absolute Gasteiger partial charge is 0.465 e. The molecule has 0 saturated carbocycles. The Balaban J connectivity index is 2.30. The Kier molecular flexibility index (Phi) is 9.21. The molecule has 180 valence electrons. The molecule has 6 N–H and O–H groups in total.